The van der Waals surface area contributed by atoms with Gasteiger partial charge in [0.15, 0.2) is 11.5 Å². The van der Waals surface area contributed by atoms with Crippen molar-refractivity contribution in [1.29, 1.82) is 0 Å². The van der Waals surface area contributed by atoms with Crippen LogP contribution in [0.25, 0.3) is 16.9 Å². The highest BCUT2D eigenvalue weighted by Crippen LogP contribution is 2.20. The minimum Gasteiger partial charge on any atom is -0.324 e. The SMILES string of the molecule is c1cc(-c2ccc3nc(Nc4cc(CN5CCCC5)ccn4)cn3n2)ccn1. The number of anilines is 2. The van der Waals surface area contributed by atoms with Gasteiger partial charge >= 0.3 is 0 Å². The Balaban J connectivity index is 1.36. The molecule has 0 bridgehead atoms. The Morgan fingerprint density at radius 3 is 2.64 bits per heavy atom. The molecule has 0 spiro atoms. The summed E-state index contributed by atoms with van der Waals surface area (Å²) in [5, 5.41) is 7.96. The number of hydrogen-bond acceptors (Lipinski definition) is 6. The van der Waals surface area contributed by atoms with Gasteiger partial charge in [-0.2, -0.15) is 5.10 Å². The molecule has 0 saturated carbocycles. The van der Waals surface area contributed by atoms with Gasteiger partial charge in [-0.05, 0) is 67.9 Å². The molecule has 0 aromatic carbocycles. The van der Waals surface area contributed by atoms with Crippen LogP contribution in [0.1, 0.15) is 18.4 Å². The number of imidazole rings is 1. The van der Waals surface area contributed by atoms with Gasteiger partial charge in [-0.25, -0.2) is 14.5 Å². The summed E-state index contributed by atoms with van der Waals surface area (Å²) < 4.78 is 1.78. The summed E-state index contributed by atoms with van der Waals surface area (Å²) in [5.74, 6) is 1.53. The number of nitrogens with zero attached hydrogens (tertiary/aromatic N) is 6. The van der Waals surface area contributed by atoms with Crippen molar-refractivity contribution in [2.75, 3.05) is 18.4 Å². The van der Waals surface area contributed by atoms with Crippen molar-refractivity contribution < 1.29 is 0 Å². The van der Waals surface area contributed by atoms with E-state index in [0.717, 1.165) is 35.1 Å². The third-order valence-electron chi connectivity index (χ3n) is 4.98. The van der Waals surface area contributed by atoms with Crippen molar-refractivity contribution in [3.05, 3.63) is 66.7 Å². The Morgan fingerprint density at radius 2 is 1.79 bits per heavy atom. The molecule has 5 rings (SSSR count). The summed E-state index contributed by atoms with van der Waals surface area (Å²) in [6, 6.07) is 12.0. The molecular weight excluding hydrogens is 350 g/mol. The molecule has 0 radical (unpaired) electrons. The first-order chi connectivity index (χ1) is 13.8. The molecule has 0 amide bonds. The molecule has 0 aliphatic carbocycles. The Morgan fingerprint density at radius 1 is 0.929 bits per heavy atom. The Hall–Kier alpha value is -3.32. The number of fused-ring (bicyclic) bond motifs is 1. The van der Waals surface area contributed by atoms with Gasteiger partial charge in [-0.15, -0.1) is 0 Å². The summed E-state index contributed by atoms with van der Waals surface area (Å²) in [7, 11) is 0. The zero-order valence-corrected chi connectivity index (χ0v) is 15.5. The van der Waals surface area contributed by atoms with E-state index in [2.05, 4.69) is 42.4 Å². The number of rotatable bonds is 5. The first-order valence-electron chi connectivity index (χ1n) is 9.55. The van der Waals surface area contributed by atoms with Crippen LogP contribution in [0, 0.1) is 0 Å². The van der Waals surface area contributed by atoms with Crippen LogP contribution in [0.4, 0.5) is 11.6 Å². The minimum atomic E-state index is 0.727. The third-order valence-corrected chi connectivity index (χ3v) is 4.98. The van der Waals surface area contributed by atoms with E-state index in [0.29, 0.717) is 0 Å². The van der Waals surface area contributed by atoms with E-state index in [1.54, 1.807) is 16.9 Å². The molecule has 140 valence electrons. The maximum absolute atomic E-state index is 4.65. The molecular formula is C21H21N7. The number of aromatic nitrogens is 5. The van der Waals surface area contributed by atoms with Gasteiger partial charge in [0.25, 0.3) is 0 Å². The Bertz CT molecular complexity index is 1080. The molecule has 1 aliphatic heterocycles. The van der Waals surface area contributed by atoms with Crippen molar-refractivity contribution in [2.24, 2.45) is 0 Å². The molecule has 5 heterocycles. The van der Waals surface area contributed by atoms with Gasteiger partial charge < -0.3 is 5.32 Å². The second-order valence-electron chi connectivity index (χ2n) is 7.04. The zero-order valence-electron chi connectivity index (χ0n) is 15.5. The van der Waals surface area contributed by atoms with Gasteiger partial charge in [0.1, 0.15) is 5.82 Å². The lowest BCUT2D eigenvalue weighted by molar-refractivity contribution is 0.331. The first-order valence-corrected chi connectivity index (χ1v) is 9.55. The molecule has 1 fully saturated rings. The van der Waals surface area contributed by atoms with Crippen LogP contribution in [0.15, 0.2) is 61.2 Å². The van der Waals surface area contributed by atoms with Crippen LogP contribution < -0.4 is 5.32 Å². The quantitative estimate of drug-likeness (QED) is 0.579. The number of likely N-dealkylation sites (tertiary alicyclic amines) is 1. The normalized spacial score (nSPS) is 14.6. The lowest BCUT2D eigenvalue weighted by atomic mass is 10.2. The highest BCUT2D eigenvalue weighted by atomic mass is 15.3. The van der Waals surface area contributed by atoms with E-state index < -0.39 is 0 Å². The van der Waals surface area contributed by atoms with Crippen LogP contribution in [0.3, 0.4) is 0 Å². The minimum absolute atomic E-state index is 0.727. The Kier molecular flexibility index (Phi) is 4.42. The number of nitrogens with one attached hydrogen (secondary N) is 1. The van der Waals surface area contributed by atoms with Gasteiger partial charge in [0.05, 0.1) is 11.9 Å². The maximum Gasteiger partial charge on any atom is 0.156 e. The molecule has 28 heavy (non-hydrogen) atoms. The molecule has 1 saturated heterocycles. The maximum atomic E-state index is 4.65. The number of hydrogen-bond donors (Lipinski definition) is 1. The second-order valence-corrected chi connectivity index (χ2v) is 7.04. The largest absolute Gasteiger partial charge is 0.324 e. The van der Waals surface area contributed by atoms with E-state index in [-0.39, 0.29) is 0 Å². The average Bonchev–Trinajstić information content (AvgIpc) is 3.37. The monoisotopic (exact) mass is 371 g/mol. The fraction of sp³-hybridized carbons (Fsp3) is 0.238. The van der Waals surface area contributed by atoms with Crippen molar-refractivity contribution in [1.82, 2.24) is 29.5 Å². The van der Waals surface area contributed by atoms with Crippen molar-refractivity contribution >= 4 is 17.3 Å². The first kappa shape index (κ1) is 16.8. The standard InChI is InChI=1S/C21H21N7/c1-2-12-27(11-1)14-16-5-10-23-19(13-16)24-20-15-28-21(25-20)4-3-18(26-28)17-6-8-22-9-7-17/h3-10,13,15H,1-2,11-12,14H2,(H,23,24). The third kappa shape index (κ3) is 3.57. The second kappa shape index (κ2) is 7.36. The van der Waals surface area contributed by atoms with Crippen molar-refractivity contribution in [3.8, 4) is 11.3 Å². The zero-order chi connectivity index (χ0) is 18.8. The van der Waals surface area contributed by atoms with Crippen LogP contribution >= 0.6 is 0 Å². The highest BCUT2D eigenvalue weighted by Gasteiger charge is 2.12. The topological polar surface area (TPSA) is 71.2 Å². The predicted molar refractivity (Wildman–Crippen MR) is 108 cm³/mol. The Labute approximate surface area is 163 Å². The van der Waals surface area contributed by atoms with Crippen LogP contribution in [-0.4, -0.2) is 42.6 Å². The molecule has 1 aliphatic rings. The summed E-state index contributed by atoms with van der Waals surface area (Å²) in [5.41, 5.74) is 3.95. The van der Waals surface area contributed by atoms with Gasteiger partial charge in [0.2, 0.25) is 0 Å². The van der Waals surface area contributed by atoms with E-state index in [1.807, 2.05) is 36.7 Å². The fourth-order valence-electron chi connectivity index (χ4n) is 3.59. The molecule has 7 nitrogen and oxygen atoms in total. The van der Waals surface area contributed by atoms with E-state index >= 15 is 0 Å². The summed E-state index contributed by atoms with van der Waals surface area (Å²) >= 11 is 0. The average molecular weight is 371 g/mol. The van der Waals surface area contributed by atoms with Crippen LogP contribution in [0.5, 0.6) is 0 Å². The summed E-state index contributed by atoms with van der Waals surface area (Å²) in [6.45, 7) is 3.34. The van der Waals surface area contributed by atoms with Gasteiger partial charge in [0, 0.05) is 30.7 Å². The molecule has 0 atom stereocenters. The van der Waals surface area contributed by atoms with E-state index in [9.17, 15) is 0 Å². The molecule has 7 heteroatoms. The molecule has 1 N–H and O–H groups in total. The van der Waals surface area contributed by atoms with Gasteiger partial charge in [-0.1, -0.05) is 0 Å². The van der Waals surface area contributed by atoms with E-state index in [1.165, 1.54) is 31.5 Å². The smallest absolute Gasteiger partial charge is 0.156 e. The highest BCUT2D eigenvalue weighted by molar-refractivity contribution is 5.61. The van der Waals surface area contributed by atoms with Crippen molar-refractivity contribution in [2.45, 2.75) is 19.4 Å². The summed E-state index contributed by atoms with van der Waals surface area (Å²) in [4.78, 5) is 15.6. The lowest BCUT2D eigenvalue weighted by Crippen LogP contribution is -2.18. The lowest BCUT2D eigenvalue weighted by Gasteiger charge is -2.14. The fourth-order valence-corrected chi connectivity index (χ4v) is 3.59. The van der Waals surface area contributed by atoms with Crippen molar-refractivity contribution in [3.63, 3.8) is 0 Å². The van der Waals surface area contributed by atoms with E-state index in [4.69, 9.17) is 0 Å². The summed E-state index contributed by atoms with van der Waals surface area (Å²) in [6.07, 6.45) is 9.86. The van der Waals surface area contributed by atoms with Crippen LogP contribution in [0.2, 0.25) is 0 Å². The predicted octanol–water partition coefficient (Wildman–Crippen LogP) is 3.53. The molecule has 4 aromatic rings. The molecule has 0 unspecified atom stereocenters. The number of pyridine rings is 2. The molecule has 4 aromatic heterocycles. The van der Waals surface area contributed by atoms with Gasteiger partial charge in [-0.3, -0.25) is 9.88 Å². The van der Waals surface area contributed by atoms with Crippen LogP contribution in [-0.2, 0) is 6.54 Å².